The fourth-order valence-electron chi connectivity index (χ4n) is 3.37. The van der Waals surface area contributed by atoms with Crippen molar-refractivity contribution in [1.82, 2.24) is 20.1 Å². The molecule has 1 unspecified atom stereocenters. The topological polar surface area (TPSA) is 121 Å². The smallest absolute Gasteiger partial charge is 0.309 e. The van der Waals surface area contributed by atoms with Gasteiger partial charge in [0.2, 0.25) is 5.91 Å². The molecule has 0 fully saturated rings. The van der Waals surface area contributed by atoms with Gasteiger partial charge in [0.05, 0.1) is 31.8 Å². The molecule has 0 saturated heterocycles. The van der Waals surface area contributed by atoms with Gasteiger partial charge in [-0.1, -0.05) is 30.3 Å². The summed E-state index contributed by atoms with van der Waals surface area (Å²) in [5.74, 6) is 0.507. The van der Waals surface area contributed by atoms with Gasteiger partial charge in [-0.25, -0.2) is 0 Å². The molecule has 0 spiro atoms. The minimum absolute atomic E-state index is 0.218. The van der Waals surface area contributed by atoms with Gasteiger partial charge >= 0.3 is 5.97 Å². The Labute approximate surface area is 175 Å². The van der Waals surface area contributed by atoms with Gasteiger partial charge in [-0.15, -0.1) is 10.2 Å². The van der Waals surface area contributed by atoms with Crippen LogP contribution >= 0.6 is 0 Å². The summed E-state index contributed by atoms with van der Waals surface area (Å²) in [5.41, 5.74) is 5.95. The van der Waals surface area contributed by atoms with Crippen molar-refractivity contribution in [3.05, 3.63) is 47.5 Å². The largest absolute Gasteiger partial charge is 0.469 e. The monoisotopic (exact) mass is 415 g/mol. The van der Waals surface area contributed by atoms with Crippen molar-refractivity contribution in [1.29, 1.82) is 0 Å². The van der Waals surface area contributed by atoms with Gasteiger partial charge in [0.1, 0.15) is 11.9 Å². The molecule has 1 aromatic heterocycles. The van der Waals surface area contributed by atoms with Crippen LogP contribution in [0.25, 0.3) is 0 Å². The Kier molecular flexibility index (Phi) is 6.84. The van der Waals surface area contributed by atoms with Crippen molar-refractivity contribution in [2.45, 2.75) is 51.4 Å². The highest BCUT2D eigenvalue weighted by Gasteiger charge is 2.33. The van der Waals surface area contributed by atoms with Crippen LogP contribution in [0.15, 0.2) is 30.3 Å². The molecular formula is C21H29N5O4. The van der Waals surface area contributed by atoms with Gasteiger partial charge in [0, 0.05) is 13.0 Å². The van der Waals surface area contributed by atoms with E-state index in [2.05, 4.69) is 15.5 Å². The maximum absolute atomic E-state index is 12.5. The van der Waals surface area contributed by atoms with Gasteiger partial charge in [0.25, 0.3) is 0 Å². The fraction of sp³-hybridized carbons (Fsp3) is 0.524. The second-order valence-electron chi connectivity index (χ2n) is 8.09. The number of rotatable bonds is 8. The highest BCUT2D eigenvalue weighted by atomic mass is 16.5. The highest BCUT2D eigenvalue weighted by Crippen LogP contribution is 2.24. The predicted octanol–water partition coefficient (Wildman–Crippen LogP) is 1.12. The standard InChI is InChI=1S/C21H29N5O4/c1-21(2,22)20(28)23-16(13-30-12-14-7-5-4-6-8-14)18-25-24-17-11-15(19(27)29-3)9-10-26(17)18/h4-8,15-16H,9-13,22H2,1-3H3,(H,23,28)/t15?,16-/m1/s1. The zero-order valence-electron chi connectivity index (χ0n) is 17.6. The van der Waals surface area contributed by atoms with E-state index in [0.29, 0.717) is 37.6 Å². The number of carbonyl (C=O) groups excluding carboxylic acids is 2. The number of nitrogens with zero attached hydrogens (tertiary/aromatic N) is 3. The lowest BCUT2D eigenvalue weighted by Gasteiger charge is -2.26. The predicted molar refractivity (Wildman–Crippen MR) is 109 cm³/mol. The number of methoxy groups -OCH3 is 1. The number of aromatic nitrogens is 3. The normalized spacial score (nSPS) is 17.1. The van der Waals surface area contributed by atoms with E-state index in [1.54, 1.807) is 13.8 Å². The minimum atomic E-state index is -1.04. The second-order valence-corrected chi connectivity index (χ2v) is 8.09. The first-order valence-electron chi connectivity index (χ1n) is 10.0. The number of nitrogens with two attached hydrogens (primary N) is 1. The molecule has 30 heavy (non-hydrogen) atoms. The summed E-state index contributed by atoms with van der Waals surface area (Å²) in [7, 11) is 1.39. The van der Waals surface area contributed by atoms with Crippen LogP contribution in [0.1, 0.15) is 43.5 Å². The first kappa shape index (κ1) is 21.9. The van der Waals surface area contributed by atoms with Crippen molar-refractivity contribution in [2.24, 2.45) is 11.7 Å². The summed E-state index contributed by atoms with van der Waals surface area (Å²) >= 11 is 0. The zero-order valence-corrected chi connectivity index (χ0v) is 17.6. The van der Waals surface area contributed by atoms with Crippen molar-refractivity contribution in [3.8, 4) is 0 Å². The van der Waals surface area contributed by atoms with E-state index in [9.17, 15) is 9.59 Å². The Morgan fingerprint density at radius 1 is 1.30 bits per heavy atom. The highest BCUT2D eigenvalue weighted by molar-refractivity contribution is 5.85. The molecule has 0 saturated carbocycles. The number of fused-ring (bicyclic) bond motifs is 1. The lowest BCUT2D eigenvalue weighted by Crippen LogP contribution is -2.51. The van der Waals surface area contributed by atoms with Gasteiger partial charge in [-0.2, -0.15) is 0 Å². The van der Waals surface area contributed by atoms with Crippen molar-refractivity contribution in [3.63, 3.8) is 0 Å². The fourth-order valence-corrected chi connectivity index (χ4v) is 3.37. The van der Waals surface area contributed by atoms with E-state index >= 15 is 0 Å². The summed E-state index contributed by atoms with van der Waals surface area (Å²) in [4.78, 5) is 24.4. The van der Waals surface area contributed by atoms with Crippen LogP contribution in [-0.4, -0.2) is 45.9 Å². The Balaban J connectivity index is 1.76. The van der Waals surface area contributed by atoms with Crippen LogP contribution in [0.3, 0.4) is 0 Å². The molecule has 0 bridgehead atoms. The summed E-state index contributed by atoms with van der Waals surface area (Å²) < 4.78 is 12.7. The number of hydrogen-bond donors (Lipinski definition) is 2. The molecule has 0 aliphatic carbocycles. The lowest BCUT2D eigenvalue weighted by molar-refractivity contribution is -0.146. The summed E-state index contributed by atoms with van der Waals surface area (Å²) in [5, 5.41) is 11.5. The second kappa shape index (κ2) is 9.36. The van der Waals surface area contributed by atoms with Crippen LogP contribution in [-0.2, 0) is 38.6 Å². The Hall–Kier alpha value is -2.78. The molecule has 1 amide bonds. The van der Waals surface area contributed by atoms with E-state index in [-0.39, 0.29) is 24.4 Å². The quantitative estimate of drug-likeness (QED) is 0.620. The zero-order chi connectivity index (χ0) is 21.7. The number of amides is 1. The Morgan fingerprint density at radius 2 is 2.03 bits per heavy atom. The SMILES string of the molecule is COC(=O)C1CCn2c(nnc2[C@@H](COCc2ccccc2)NC(=O)C(C)(C)N)C1. The number of carbonyl (C=O) groups is 2. The molecule has 1 aliphatic heterocycles. The van der Waals surface area contributed by atoms with Crippen LogP contribution in [0.4, 0.5) is 0 Å². The molecular weight excluding hydrogens is 386 g/mol. The molecule has 3 rings (SSSR count). The van der Waals surface area contributed by atoms with E-state index in [0.717, 1.165) is 5.56 Å². The molecule has 162 valence electrons. The first-order valence-corrected chi connectivity index (χ1v) is 10.0. The van der Waals surface area contributed by atoms with Crippen molar-refractivity contribution in [2.75, 3.05) is 13.7 Å². The molecule has 9 nitrogen and oxygen atoms in total. The molecule has 2 heterocycles. The lowest BCUT2D eigenvalue weighted by atomic mass is 9.98. The van der Waals surface area contributed by atoms with Crippen LogP contribution in [0.2, 0.25) is 0 Å². The summed E-state index contributed by atoms with van der Waals surface area (Å²) in [6, 6.07) is 9.27. The summed E-state index contributed by atoms with van der Waals surface area (Å²) in [6.45, 7) is 4.48. The van der Waals surface area contributed by atoms with E-state index in [1.165, 1.54) is 7.11 Å². The Bertz CT molecular complexity index is 875. The van der Waals surface area contributed by atoms with Crippen LogP contribution < -0.4 is 11.1 Å². The number of hydrogen-bond acceptors (Lipinski definition) is 7. The first-order chi connectivity index (χ1) is 14.3. The van der Waals surface area contributed by atoms with Gasteiger partial charge in [0.15, 0.2) is 5.82 Å². The molecule has 3 N–H and O–H groups in total. The molecule has 2 aromatic rings. The van der Waals surface area contributed by atoms with Gasteiger partial charge in [-0.05, 0) is 25.8 Å². The third-order valence-electron chi connectivity index (χ3n) is 5.12. The van der Waals surface area contributed by atoms with Crippen LogP contribution in [0.5, 0.6) is 0 Å². The average Bonchev–Trinajstić information content (AvgIpc) is 3.15. The third kappa shape index (κ3) is 5.22. The minimum Gasteiger partial charge on any atom is -0.469 e. The van der Waals surface area contributed by atoms with Crippen molar-refractivity contribution < 1.29 is 19.1 Å². The van der Waals surface area contributed by atoms with Crippen molar-refractivity contribution >= 4 is 11.9 Å². The number of esters is 1. The maximum atomic E-state index is 12.5. The number of benzene rings is 1. The molecule has 0 radical (unpaired) electrons. The van der Waals surface area contributed by atoms with Crippen LogP contribution in [0, 0.1) is 5.92 Å². The summed E-state index contributed by atoms with van der Waals surface area (Å²) in [6.07, 6.45) is 1.08. The Morgan fingerprint density at radius 3 is 2.70 bits per heavy atom. The van der Waals surface area contributed by atoms with E-state index in [1.807, 2.05) is 34.9 Å². The molecule has 2 atom stereocenters. The maximum Gasteiger partial charge on any atom is 0.309 e. The van der Waals surface area contributed by atoms with Gasteiger partial charge in [-0.3, -0.25) is 9.59 Å². The average molecular weight is 415 g/mol. The number of ether oxygens (including phenoxy) is 2. The third-order valence-corrected chi connectivity index (χ3v) is 5.12. The molecule has 1 aromatic carbocycles. The number of nitrogens with one attached hydrogen (secondary N) is 1. The van der Waals surface area contributed by atoms with Gasteiger partial charge < -0.3 is 25.1 Å². The molecule has 1 aliphatic rings. The van der Waals surface area contributed by atoms with E-state index in [4.69, 9.17) is 15.2 Å². The van der Waals surface area contributed by atoms with E-state index < -0.39 is 11.6 Å². The molecule has 9 heteroatoms.